The van der Waals surface area contributed by atoms with E-state index in [0.29, 0.717) is 19.2 Å². The number of ether oxygens (including phenoxy) is 1. The zero-order valence-electron chi connectivity index (χ0n) is 23.7. The maximum atomic E-state index is 12.4. The number of likely N-dealkylation sites (tertiary alicyclic amines) is 1. The van der Waals surface area contributed by atoms with Crippen LogP contribution >= 0.6 is 11.6 Å². The van der Waals surface area contributed by atoms with Crippen molar-refractivity contribution in [2.45, 2.75) is 44.6 Å². The van der Waals surface area contributed by atoms with Gasteiger partial charge >= 0.3 is 0 Å². The quantitative estimate of drug-likeness (QED) is 0.275. The maximum Gasteiger partial charge on any atom is 0.234 e. The Balaban J connectivity index is 0.923. The molecule has 7 nitrogen and oxygen atoms in total. The van der Waals surface area contributed by atoms with Crippen LogP contribution in [0.15, 0.2) is 53.1 Å². The summed E-state index contributed by atoms with van der Waals surface area (Å²) in [6.45, 7) is 8.34. The number of furan rings is 1. The summed E-state index contributed by atoms with van der Waals surface area (Å²) in [6, 6.07) is 14.5. The van der Waals surface area contributed by atoms with Gasteiger partial charge in [0.2, 0.25) is 5.91 Å². The number of carbonyl (C=O) groups excluding carboxylic acids is 1. The number of benzene rings is 2. The van der Waals surface area contributed by atoms with Crippen molar-refractivity contribution in [1.82, 2.24) is 20.0 Å². The lowest BCUT2D eigenvalue weighted by molar-refractivity contribution is -0.122. The molecule has 1 amide bonds. The highest BCUT2D eigenvalue weighted by molar-refractivity contribution is 6.30. The summed E-state index contributed by atoms with van der Waals surface area (Å²) in [6.07, 6.45) is 8.74. The Kier molecular flexibility index (Phi) is 10.4. The molecule has 1 N–H and O–H groups in total. The summed E-state index contributed by atoms with van der Waals surface area (Å²) in [4.78, 5) is 19.6. The van der Waals surface area contributed by atoms with E-state index in [1.807, 2.05) is 36.4 Å². The SMILES string of the molecule is CN1CCCC1CCNC(=O)CN1CCN(CCCCCOc2ccc3c(-c4ccc(Cl)cc4)coc3c2)CC1. The van der Waals surface area contributed by atoms with Crippen LogP contribution in [0.5, 0.6) is 5.75 Å². The number of rotatable bonds is 13. The molecule has 2 fully saturated rings. The Labute approximate surface area is 243 Å². The van der Waals surface area contributed by atoms with Gasteiger partial charge in [-0.05, 0) is 88.5 Å². The van der Waals surface area contributed by atoms with Crippen LogP contribution < -0.4 is 10.1 Å². The first-order chi connectivity index (χ1) is 19.5. The van der Waals surface area contributed by atoms with E-state index < -0.39 is 0 Å². The van der Waals surface area contributed by atoms with Gasteiger partial charge in [-0.15, -0.1) is 0 Å². The van der Waals surface area contributed by atoms with E-state index in [1.54, 1.807) is 6.26 Å². The molecular weight excluding hydrogens is 524 g/mol. The average Bonchev–Trinajstić information content (AvgIpc) is 3.57. The number of carbonyl (C=O) groups is 1. The third kappa shape index (κ3) is 8.00. The lowest BCUT2D eigenvalue weighted by Gasteiger charge is -2.34. The molecule has 40 heavy (non-hydrogen) atoms. The molecule has 1 atom stereocenters. The molecule has 0 radical (unpaired) electrons. The number of nitrogens with one attached hydrogen (secondary N) is 1. The third-order valence-corrected chi connectivity index (χ3v) is 8.64. The number of hydrogen-bond acceptors (Lipinski definition) is 6. The lowest BCUT2D eigenvalue weighted by atomic mass is 10.0. The smallest absolute Gasteiger partial charge is 0.234 e. The molecule has 2 aliphatic heterocycles. The van der Waals surface area contributed by atoms with Crippen molar-refractivity contribution in [2.24, 2.45) is 0 Å². The van der Waals surface area contributed by atoms with Gasteiger partial charge in [-0.1, -0.05) is 23.7 Å². The molecule has 3 heterocycles. The first-order valence-electron chi connectivity index (χ1n) is 14.9. The van der Waals surface area contributed by atoms with E-state index in [0.717, 1.165) is 91.4 Å². The number of piperazine rings is 1. The van der Waals surface area contributed by atoms with Crippen LogP contribution in [0, 0.1) is 0 Å². The van der Waals surface area contributed by atoms with Crippen LogP contribution in [-0.4, -0.2) is 92.7 Å². The van der Waals surface area contributed by atoms with Crippen LogP contribution in [0.4, 0.5) is 0 Å². The van der Waals surface area contributed by atoms with E-state index in [1.165, 1.54) is 25.8 Å². The molecule has 0 saturated carbocycles. The highest BCUT2D eigenvalue weighted by Gasteiger charge is 2.21. The standard InChI is InChI=1S/C32H43ClN4O3/c1-35-15-5-6-27(35)13-14-34-32(38)23-37-19-17-36(18-20-37)16-3-2-4-21-39-28-11-12-29-30(24-40-31(29)22-28)25-7-9-26(33)10-8-25/h7-12,22,24,27H,2-6,13-21,23H2,1H3,(H,34,38). The number of unbranched alkanes of at least 4 members (excludes halogenated alkanes) is 2. The molecule has 5 rings (SSSR count). The number of amides is 1. The van der Waals surface area contributed by atoms with Crippen LogP contribution in [0.25, 0.3) is 22.1 Å². The zero-order valence-corrected chi connectivity index (χ0v) is 24.5. The van der Waals surface area contributed by atoms with Gasteiger partial charge in [-0.2, -0.15) is 0 Å². The van der Waals surface area contributed by atoms with Crippen LogP contribution in [0.2, 0.25) is 5.02 Å². The minimum atomic E-state index is 0.169. The Bertz CT molecular complexity index is 1220. The summed E-state index contributed by atoms with van der Waals surface area (Å²) < 4.78 is 11.8. The minimum Gasteiger partial charge on any atom is -0.493 e. The molecule has 0 spiro atoms. The zero-order chi connectivity index (χ0) is 27.7. The Hall–Kier alpha value is -2.58. The number of hydrogen-bond donors (Lipinski definition) is 1. The molecular formula is C32H43ClN4O3. The van der Waals surface area contributed by atoms with E-state index in [4.69, 9.17) is 20.8 Å². The first-order valence-corrected chi connectivity index (χ1v) is 15.2. The number of nitrogens with zero attached hydrogens (tertiary/aromatic N) is 3. The molecule has 3 aromatic rings. The fourth-order valence-electron chi connectivity index (χ4n) is 5.91. The van der Waals surface area contributed by atoms with Crippen molar-refractivity contribution in [2.75, 3.05) is 66.0 Å². The predicted octanol–water partition coefficient (Wildman–Crippen LogP) is 5.52. The van der Waals surface area contributed by atoms with Crippen LogP contribution in [-0.2, 0) is 4.79 Å². The Morgan fingerprint density at radius 1 is 1.02 bits per heavy atom. The molecule has 2 aliphatic rings. The van der Waals surface area contributed by atoms with Gasteiger partial charge in [-0.3, -0.25) is 9.69 Å². The van der Waals surface area contributed by atoms with Crippen LogP contribution in [0.3, 0.4) is 0 Å². The van der Waals surface area contributed by atoms with E-state index >= 15 is 0 Å². The van der Waals surface area contributed by atoms with Crippen molar-refractivity contribution >= 4 is 28.5 Å². The molecule has 2 saturated heterocycles. The molecule has 2 aromatic carbocycles. The van der Waals surface area contributed by atoms with Gasteiger partial charge in [0, 0.05) is 60.8 Å². The lowest BCUT2D eigenvalue weighted by Crippen LogP contribution is -2.49. The van der Waals surface area contributed by atoms with Gasteiger partial charge in [0.15, 0.2) is 0 Å². The molecule has 216 valence electrons. The predicted molar refractivity (Wildman–Crippen MR) is 162 cm³/mol. The molecule has 0 aliphatic carbocycles. The second-order valence-corrected chi connectivity index (χ2v) is 11.7. The molecule has 8 heteroatoms. The second kappa shape index (κ2) is 14.4. The highest BCUT2D eigenvalue weighted by Crippen LogP contribution is 2.33. The first kappa shape index (κ1) is 28.9. The maximum absolute atomic E-state index is 12.4. The van der Waals surface area contributed by atoms with Crippen molar-refractivity contribution in [3.05, 3.63) is 53.8 Å². The van der Waals surface area contributed by atoms with Gasteiger partial charge in [0.1, 0.15) is 11.3 Å². The van der Waals surface area contributed by atoms with Crippen molar-refractivity contribution in [1.29, 1.82) is 0 Å². The Morgan fingerprint density at radius 2 is 1.82 bits per heavy atom. The summed E-state index contributed by atoms with van der Waals surface area (Å²) in [5, 5.41) is 4.93. The summed E-state index contributed by atoms with van der Waals surface area (Å²) >= 11 is 6.03. The third-order valence-electron chi connectivity index (χ3n) is 8.39. The van der Waals surface area contributed by atoms with Crippen molar-refractivity contribution in [3.63, 3.8) is 0 Å². The molecule has 1 aromatic heterocycles. The van der Waals surface area contributed by atoms with Crippen molar-refractivity contribution in [3.8, 4) is 16.9 Å². The monoisotopic (exact) mass is 566 g/mol. The van der Waals surface area contributed by atoms with Gasteiger partial charge in [0.25, 0.3) is 0 Å². The summed E-state index contributed by atoms with van der Waals surface area (Å²) in [5.74, 6) is 1.01. The van der Waals surface area contributed by atoms with Gasteiger partial charge < -0.3 is 24.3 Å². The van der Waals surface area contributed by atoms with Crippen molar-refractivity contribution < 1.29 is 13.9 Å². The van der Waals surface area contributed by atoms with E-state index in [-0.39, 0.29) is 5.91 Å². The normalized spacial score (nSPS) is 18.9. The summed E-state index contributed by atoms with van der Waals surface area (Å²) in [7, 11) is 2.19. The topological polar surface area (TPSA) is 61.2 Å². The van der Waals surface area contributed by atoms with E-state index in [2.05, 4.69) is 33.1 Å². The minimum absolute atomic E-state index is 0.169. The second-order valence-electron chi connectivity index (χ2n) is 11.3. The molecule has 1 unspecified atom stereocenters. The van der Waals surface area contributed by atoms with Gasteiger partial charge in [0.05, 0.1) is 19.4 Å². The van der Waals surface area contributed by atoms with Crippen LogP contribution in [0.1, 0.15) is 38.5 Å². The number of fused-ring (bicyclic) bond motifs is 1. The number of halogens is 1. The fourth-order valence-corrected chi connectivity index (χ4v) is 6.03. The van der Waals surface area contributed by atoms with Gasteiger partial charge in [-0.25, -0.2) is 0 Å². The Morgan fingerprint density at radius 3 is 2.60 bits per heavy atom. The largest absolute Gasteiger partial charge is 0.493 e. The molecule has 0 bridgehead atoms. The highest BCUT2D eigenvalue weighted by atomic mass is 35.5. The summed E-state index contributed by atoms with van der Waals surface area (Å²) in [5.41, 5.74) is 2.97. The fraction of sp³-hybridized carbons (Fsp3) is 0.531. The van der Waals surface area contributed by atoms with E-state index in [9.17, 15) is 4.79 Å². The average molecular weight is 567 g/mol.